The molecule has 1 aliphatic rings. The van der Waals surface area contributed by atoms with Gasteiger partial charge < -0.3 is 0 Å². The molecule has 0 spiro atoms. The van der Waals surface area contributed by atoms with Gasteiger partial charge in [0.1, 0.15) is 12.1 Å². The summed E-state index contributed by atoms with van der Waals surface area (Å²) in [5, 5.41) is 19.9. The van der Waals surface area contributed by atoms with E-state index < -0.39 is 0 Å². The zero-order chi connectivity index (χ0) is 30.2. The number of benzene rings is 4. The summed E-state index contributed by atoms with van der Waals surface area (Å²) in [6, 6.07) is 40.0. The molecule has 0 unspecified atom stereocenters. The Morgan fingerprint density at radius 3 is 1.14 bits per heavy atom. The van der Waals surface area contributed by atoms with Crippen LogP contribution >= 0.6 is 0 Å². The Morgan fingerprint density at radius 2 is 0.795 bits per heavy atom. The zero-order valence-corrected chi connectivity index (χ0v) is 24.0. The van der Waals surface area contributed by atoms with Gasteiger partial charge in [-0.15, -0.1) is 0 Å². The van der Waals surface area contributed by atoms with Crippen LogP contribution in [0, 0.1) is 36.5 Å². The Balaban J connectivity index is 1.62. The number of anilines is 6. The quantitative estimate of drug-likeness (QED) is 0.209. The molecule has 0 saturated carbocycles. The van der Waals surface area contributed by atoms with Crippen molar-refractivity contribution in [3.63, 3.8) is 0 Å². The molecule has 0 amide bonds. The molecule has 0 radical (unpaired) electrons. The van der Waals surface area contributed by atoms with Crippen molar-refractivity contribution in [2.24, 2.45) is 0 Å². The predicted molar refractivity (Wildman–Crippen MR) is 170 cm³/mol. The Hall–Kier alpha value is -6.38. The van der Waals surface area contributed by atoms with Crippen LogP contribution in [-0.2, 0) is 0 Å². The van der Waals surface area contributed by atoms with Crippen LogP contribution in [0.25, 0.3) is 22.5 Å². The van der Waals surface area contributed by atoms with Gasteiger partial charge in [-0.25, -0.2) is 19.9 Å². The third-order valence-corrected chi connectivity index (χ3v) is 7.46. The van der Waals surface area contributed by atoms with E-state index in [-0.39, 0.29) is 11.4 Å². The Morgan fingerprint density at radius 1 is 0.455 bits per heavy atom. The maximum Gasteiger partial charge on any atom is 0.184 e. The van der Waals surface area contributed by atoms with Crippen LogP contribution in [0.3, 0.4) is 0 Å². The van der Waals surface area contributed by atoms with Crippen LogP contribution in [0.1, 0.15) is 22.5 Å². The van der Waals surface area contributed by atoms with Crippen molar-refractivity contribution in [1.82, 2.24) is 19.9 Å². The number of aryl methyl sites for hydroxylation is 2. The summed E-state index contributed by atoms with van der Waals surface area (Å²) in [6.07, 6.45) is 0. The minimum atomic E-state index is -0.0622. The predicted octanol–water partition coefficient (Wildman–Crippen LogP) is 8.21. The van der Waals surface area contributed by atoms with Gasteiger partial charge in [-0.1, -0.05) is 96.1 Å². The summed E-state index contributed by atoms with van der Waals surface area (Å²) < 4.78 is 0. The van der Waals surface area contributed by atoms with Crippen molar-refractivity contribution in [2.75, 3.05) is 9.80 Å². The highest BCUT2D eigenvalue weighted by atomic mass is 15.4. The fraction of sp³-hybridized carbons (Fsp3) is 0.0556. The van der Waals surface area contributed by atoms with Crippen molar-refractivity contribution in [2.45, 2.75) is 13.8 Å². The van der Waals surface area contributed by atoms with Crippen LogP contribution in [0.15, 0.2) is 109 Å². The molecule has 7 rings (SSSR count). The molecule has 1 aliphatic heterocycles. The van der Waals surface area contributed by atoms with E-state index in [2.05, 4.69) is 12.1 Å². The third kappa shape index (κ3) is 4.48. The first-order valence-electron chi connectivity index (χ1n) is 14.0. The molecule has 3 heterocycles. The Labute approximate surface area is 254 Å². The summed E-state index contributed by atoms with van der Waals surface area (Å²) >= 11 is 0. The van der Waals surface area contributed by atoms with Gasteiger partial charge in [-0.3, -0.25) is 9.80 Å². The largest absolute Gasteiger partial charge is 0.273 e. The van der Waals surface area contributed by atoms with Gasteiger partial charge >= 0.3 is 0 Å². The monoisotopic (exact) mass is 568 g/mol. The molecule has 0 bridgehead atoms. The van der Waals surface area contributed by atoms with Crippen LogP contribution in [-0.4, -0.2) is 19.9 Å². The van der Waals surface area contributed by atoms with E-state index in [0.29, 0.717) is 34.7 Å². The molecule has 0 aliphatic carbocycles. The van der Waals surface area contributed by atoms with Crippen LogP contribution in [0.2, 0.25) is 0 Å². The maximum absolute atomic E-state index is 9.94. The second-order valence-electron chi connectivity index (χ2n) is 10.4. The van der Waals surface area contributed by atoms with Crippen molar-refractivity contribution < 1.29 is 0 Å². The van der Waals surface area contributed by atoms with E-state index in [0.717, 1.165) is 33.6 Å². The first kappa shape index (κ1) is 26.5. The molecule has 208 valence electrons. The molecule has 0 saturated heterocycles. The fourth-order valence-electron chi connectivity index (χ4n) is 5.26. The second kappa shape index (κ2) is 10.8. The van der Waals surface area contributed by atoms with E-state index in [1.807, 2.05) is 133 Å². The summed E-state index contributed by atoms with van der Waals surface area (Å²) in [7, 11) is 0. The van der Waals surface area contributed by atoms with Gasteiger partial charge in [0.2, 0.25) is 0 Å². The number of nitriles is 2. The van der Waals surface area contributed by atoms with E-state index in [1.165, 1.54) is 0 Å². The summed E-state index contributed by atoms with van der Waals surface area (Å²) in [5.74, 6) is 1.78. The first-order chi connectivity index (χ1) is 21.6. The molecule has 2 aromatic heterocycles. The van der Waals surface area contributed by atoms with Crippen molar-refractivity contribution >= 4 is 34.6 Å². The molecule has 8 nitrogen and oxygen atoms in total. The molecule has 0 fully saturated rings. The number of hydrogen-bond donors (Lipinski definition) is 0. The van der Waals surface area contributed by atoms with E-state index in [9.17, 15) is 10.5 Å². The Kier molecular flexibility index (Phi) is 6.50. The molecule has 0 atom stereocenters. The van der Waals surface area contributed by atoms with Gasteiger partial charge in [-0.2, -0.15) is 10.5 Å². The average molecular weight is 569 g/mol. The molecule has 0 N–H and O–H groups in total. The van der Waals surface area contributed by atoms with Crippen LogP contribution in [0.4, 0.5) is 34.6 Å². The molecule has 6 aromatic rings. The fourth-order valence-corrected chi connectivity index (χ4v) is 5.26. The van der Waals surface area contributed by atoms with Crippen molar-refractivity contribution in [3.05, 3.63) is 132 Å². The van der Waals surface area contributed by atoms with Crippen LogP contribution < -0.4 is 9.80 Å². The third-order valence-electron chi connectivity index (χ3n) is 7.46. The van der Waals surface area contributed by atoms with Gasteiger partial charge in [-0.05, 0) is 38.1 Å². The van der Waals surface area contributed by atoms with E-state index in [1.54, 1.807) is 0 Å². The highest BCUT2D eigenvalue weighted by Gasteiger charge is 2.38. The lowest BCUT2D eigenvalue weighted by Gasteiger charge is -2.37. The minimum absolute atomic E-state index is 0.0622. The number of hydrogen-bond acceptors (Lipinski definition) is 8. The van der Waals surface area contributed by atoms with Crippen LogP contribution in [0.5, 0.6) is 0 Å². The lowest BCUT2D eigenvalue weighted by molar-refractivity contribution is 0.979. The second-order valence-corrected chi connectivity index (χ2v) is 10.4. The normalized spacial score (nSPS) is 11.7. The molecule has 4 aromatic carbocycles. The number of rotatable bonds is 4. The average Bonchev–Trinajstić information content (AvgIpc) is 3.08. The summed E-state index contributed by atoms with van der Waals surface area (Å²) in [6.45, 7) is 4.04. The van der Waals surface area contributed by atoms with Crippen molar-refractivity contribution in [1.29, 1.82) is 10.5 Å². The number of nitrogens with zero attached hydrogens (tertiary/aromatic N) is 8. The minimum Gasteiger partial charge on any atom is -0.273 e. The number of fused-ring (bicyclic) bond motifs is 2. The van der Waals surface area contributed by atoms with Gasteiger partial charge in [0.05, 0.1) is 11.4 Å². The van der Waals surface area contributed by atoms with Crippen molar-refractivity contribution in [3.8, 4) is 34.7 Å². The van der Waals surface area contributed by atoms with Gasteiger partial charge in [0.25, 0.3) is 0 Å². The topological polar surface area (TPSA) is 106 Å². The van der Waals surface area contributed by atoms with E-state index in [4.69, 9.17) is 19.9 Å². The molecular weight excluding hydrogens is 544 g/mol. The standard InChI is InChI=1S/C36H24N8/c1-23-13-17-27(18-14-23)43-33-34(40-30(22-38)29(21-37)39-33)44(28-19-15-24(2)16-20-28)36-35(43)41-31(25-9-5-3-6-10-25)32(42-36)26-11-7-4-8-12-26/h3-20H,1-2H3. The lowest BCUT2D eigenvalue weighted by atomic mass is 10.0. The Bertz CT molecular complexity index is 1940. The molecule has 8 heteroatoms. The van der Waals surface area contributed by atoms with E-state index >= 15 is 0 Å². The lowest BCUT2D eigenvalue weighted by Crippen LogP contribution is -2.29. The molecule has 44 heavy (non-hydrogen) atoms. The SMILES string of the molecule is Cc1ccc(N2c3nc(C#N)c(C#N)nc3N(c3ccc(C)cc3)c3nc(-c4ccccc4)c(-c4ccccc4)nc32)cc1. The highest BCUT2D eigenvalue weighted by Crippen LogP contribution is 2.52. The zero-order valence-electron chi connectivity index (χ0n) is 24.0. The summed E-state index contributed by atoms with van der Waals surface area (Å²) in [5.41, 5.74) is 6.79. The van der Waals surface area contributed by atoms with Gasteiger partial charge in [0.15, 0.2) is 34.7 Å². The highest BCUT2D eigenvalue weighted by molar-refractivity contribution is 5.98. The smallest absolute Gasteiger partial charge is 0.184 e. The number of aromatic nitrogens is 4. The summed E-state index contributed by atoms with van der Waals surface area (Å²) in [4.78, 5) is 23.9. The van der Waals surface area contributed by atoms with Gasteiger partial charge in [0, 0.05) is 22.5 Å². The molecular formula is C36H24N8. The first-order valence-corrected chi connectivity index (χ1v) is 14.0. The maximum atomic E-state index is 9.94.